The van der Waals surface area contributed by atoms with E-state index in [2.05, 4.69) is 34.6 Å². The van der Waals surface area contributed by atoms with Gasteiger partial charge in [-0.3, -0.25) is 9.78 Å². The number of aryl methyl sites for hydroxylation is 1. The Morgan fingerprint density at radius 3 is 2.96 bits per heavy atom. The van der Waals surface area contributed by atoms with E-state index >= 15 is 0 Å². The molecule has 0 radical (unpaired) electrons. The lowest BCUT2D eigenvalue weighted by atomic mass is 9.88. The highest BCUT2D eigenvalue weighted by molar-refractivity contribution is 8.00. The van der Waals surface area contributed by atoms with Crippen LogP contribution in [-0.4, -0.2) is 16.6 Å². The van der Waals surface area contributed by atoms with Crippen molar-refractivity contribution < 1.29 is 4.79 Å². The van der Waals surface area contributed by atoms with Crippen molar-refractivity contribution in [2.45, 2.75) is 30.2 Å². The first kappa shape index (κ1) is 16.2. The van der Waals surface area contributed by atoms with E-state index in [9.17, 15) is 4.79 Å². The highest BCUT2D eigenvalue weighted by Crippen LogP contribution is 2.30. The molecule has 126 valence electrons. The van der Waals surface area contributed by atoms with Gasteiger partial charge in [-0.2, -0.15) is 0 Å². The second kappa shape index (κ2) is 7.28. The normalized spacial score (nSPS) is 16.4. The molecular weight excluding hydrogens is 328 g/mol. The van der Waals surface area contributed by atoms with E-state index in [1.54, 1.807) is 18.0 Å². The van der Waals surface area contributed by atoms with Crippen molar-refractivity contribution in [2.75, 3.05) is 5.75 Å². The molecule has 1 aliphatic carbocycles. The minimum absolute atomic E-state index is 0.0830. The van der Waals surface area contributed by atoms with Crippen LogP contribution >= 0.6 is 11.8 Å². The number of nitrogens with one attached hydrogen (secondary N) is 1. The SMILES string of the molecule is O=C(CSc1cccc2cccnc12)NC1CCCc2ccccc21. The molecule has 0 spiro atoms. The zero-order valence-electron chi connectivity index (χ0n) is 13.9. The zero-order chi connectivity index (χ0) is 17.1. The van der Waals surface area contributed by atoms with E-state index in [0.717, 1.165) is 35.1 Å². The highest BCUT2D eigenvalue weighted by atomic mass is 32.2. The van der Waals surface area contributed by atoms with Crippen LogP contribution in [0.4, 0.5) is 0 Å². The molecule has 1 heterocycles. The van der Waals surface area contributed by atoms with Gasteiger partial charge in [0, 0.05) is 16.5 Å². The summed E-state index contributed by atoms with van der Waals surface area (Å²) < 4.78 is 0. The summed E-state index contributed by atoms with van der Waals surface area (Å²) in [6.45, 7) is 0. The minimum atomic E-state index is 0.0830. The number of hydrogen-bond acceptors (Lipinski definition) is 3. The van der Waals surface area contributed by atoms with Crippen molar-refractivity contribution in [3.05, 3.63) is 71.9 Å². The molecule has 4 rings (SSSR count). The van der Waals surface area contributed by atoms with E-state index < -0.39 is 0 Å². The summed E-state index contributed by atoms with van der Waals surface area (Å²) in [5.74, 6) is 0.494. The Morgan fingerprint density at radius 2 is 2.00 bits per heavy atom. The van der Waals surface area contributed by atoms with E-state index in [4.69, 9.17) is 0 Å². The van der Waals surface area contributed by atoms with Crippen LogP contribution in [0.5, 0.6) is 0 Å². The molecule has 1 atom stereocenters. The molecular formula is C21H20N2OS. The van der Waals surface area contributed by atoms with Gasteiger partial charge in [0.05, 0.1) is 17.3 Å². The van der Waals surface area contributed by atoms with Crippen LogP contribution in [0.1, 0.15) is 30.0 Å². The summed E-state index contributed by atoms with van der Waals surface area (Å²) in [5, 5.41) is 4.32. The van der Waals surface area contributed by atoms with Gasteiger partial charge in [0.1, 0.15) is 0 Å². The first-order valence-electron chi connectivity index (χ1n) is 8.65. The van der Waals surface area contributed by atoms with Gasteiger partial charge in [0.25, 0.3) is 0 Å². The molecule has 0 fully saturated rings. The first-order valence-corrected chi connectivity index (χ1v) is 9.63. The third kappa shape index (κ3) is 3.54. The second-order valence-electron chi connectivity index (χ2n) is 6.33. The maximum Gasteiger partial charge on any atom is 0.230 e. The lowest BCUT2D eigenvalue weighted by Gasteiger charge is -2.26. The molecule has 2 aromatic carbocycles. The van der Waals surface area contributed by atoms with Crippen molar-refractivity contribution in [2.24, 2.45) is 0 Å². The summed E-state index contributed by atoms with van der Waals surface area (Å²) in [6.07, 6.45) is 5.05. The smallest absolute Gasteiger partial charge is 0.230 e. The van der Waals surface area contributed by atoms with Crippen molar-refractivity contribution in [1.82, 2.24) is 10.3 Å². The van der Waals surface area contributed by atoms with Crippen molar-refractivity contribution in [3.8, 4) is 0 Å². The second-order valence-corrected chi connectivity index (χ2v) is 7.35. The zero-order valence-corrected chi connectivity index (χ0v) is 14.8. The van der Waals surface area contributed by atoms with Crippen LogP contribution in [0.3, 0.4) is 0 Å². The fourth-order valence-corrected chi connectivity index (χ4v) is 4.33. The third-order valence-corrected chi connectivity index (χ3v) is 5.71. The highest BCUT2D eigenvalue weighted by Gasteiger charge is 2.21. The molecule has 1 aliphatic rings. The lowest BCUT2D eigenvalue weighted by molar-refractivity contribution is -0.119. The Hall–Kier alpha value is -2.33. The topological polar surface area (TPSA) is 42.0 Å². The number of amides is 1. The summed E-state index contributed by atoms with van der Waals surface area (Å²) in [6, 6.07) is 18.7. The van der Waals surface area contributed by atoms with Gasteiger partial charge < -0.3 is 5.32 Å². The number of thioether (sulfide) groups is 1. The molecule has 1 aromatic heterocycles. The molecule has 25 heavy (non-hydrogen) atoms. The van der Waals surface area contributed by atoms with Gasteiger partial charge in [-0.1, -0.05) is 42.5 Å². The predicted molar refractivity (Wildman–Crippen MR) is 103 cm³/mol. The van der Waals surface area contributed by atoms with Crippen molar-refractivity contribution in [1.29, 1.82) is 0 Å². The Labute approximate surface area is 151 Å². The third-order valence-electron chi connectivity index (χ3n) is 4.66. The van der Waals surface area contributed by atoms with E-state index in [0.29, 0.717) is 5.75 Å². The van der Waals surface area contributed by atoms with Gasteiger partial charge in [0.2, 0.25) is 5.91 Å². The fourth-order valence-electron chi connectivity index (χ4n) is 3.48. The molecule has 1 amide bonds. The average Bonchev–Trinajstić information content (AvgIpc) is 2.66. The number of pyridine rings is 1. The van der Waals surface area contributed by atoms with Crippen LogP contribution < -0.4 is 5.32 Å². The van der Waals surface area contributed by atoms with Crippen LogP contribution in [0.2, 0.25) is 0 Å². The number of nitrogens with zero attached hydrogens (tertiary/aromatic N) is 1. The average molecular weight is 348 g/mol. The lowest BCUT2D eigenvalue weighted by Crippen LogP contribution is -2.32. The van der Waals surface area contributed by atoms with E-state index in [1.807, 2.05) is 30.3 Å². The number of para-hydroxylation sites is 1. The number of rotatable bonds is 4. The van der Waals surface area contributed by atoms with Gasteiger partial charge in [-0.15, -0.1) is 11.8 Å². The quantitative estimate of drug-likeness (QED) is 0.705. The fraction of sp³-hybridized carbons (Fsp3) is 0.238. The minimum Gasteiger partial charge on any atom is -0.349 e. The molecule has 3 nitrogen and oxygen atoms in total. The molecule has 1 N–H and O–H groups in total. The first-order chi connectivity index (χ1) is 12.3. The summed E-state index contributed by atoms with van der Waals surface area (Å²) in [5.41, 5.74) is 3.61. The maximum atomic E-state index is 12.5. The number of aromatic nitrogens is 1. The molecule has 3 aromatic rings. The number of hydrogen-bond donors (Lipinski definition) is 1. The summed E-state index contributed by atoms with van der Waals surface area (Å²) >= 11 is 1.55. The Kier molecular flexibility index (Phi) is 4.70. The monoisotopic (exact) mass is 348 g/mol. The van der Waals surface area contributed by atoms with Gasteiger partial charge in [0.15, 0.2) is 0 Å². The summed E-state index contributed by atoms with van der Waals surface area (Å²) in [7, 11) is 0. The van der Waals surface area contributed by atoms with Crippen molar-refractivity contribution >= 4 is 28.6 Å². The number of carbonyl (C=O) groups excluding carboxylic acids is 1. The molecule has 0 bridgehead atoms. The Bertz CT molecular complexity index is 904. The maximum absolute atomic E-state index is 12.5. The molecule has 0 aliphatic heterocycles. The van der Waals surface area contributed by atoms with E-state index in [1.165, 1.54) is 11.1 Å². The number of benzene rings is 2. The van der Waals surface area contributed by atoms with Gasteiger partial charge in [-0.25, -0.2) is 0 Å². The number of fused-ring (bicyclic) bond motifs is 2. The van der Waals surface area contributed by atoms with Crippen LogP contribution in [0, 0.1) is 0 Å². The molecule has 1 unspecified atom stereocenters. The van der Waals surface area contributed by atoms with Crippen LogP contribution in [-0.2, 0) is 11.2 Å². The predicted octanol–water partition coefficient (Wildman–Crippen LogP) is 4.52. The largest absolute Gasteiger partial charge is 0.349 e. The number of carbonyl (C=O) groups is 1. The standard InChI is InChI=1S/C21H20N2OS/c24-20(23-18-11-3-7-15-6-1-2-10-17(15)18)14-25-19-12-4-8-16-9-5-13-22-21(16)19/h1-2,4-6,8-10,12-13,18H,3,7,11,14H2,(H,23,24). The summed E-state index contributed by atoms with van der Waals surface area (Å²) in [4.78, 5) is 18.0. The van der Waals surface area contributed by atoms with Gasteiger partial charge >= 0.3 is 0 Å². The van der Waals surface area contributed by atoms with Gasteiger partial charge in [-0.05, 0) is 42.5 Å². The molecule has 4 heteroatoms. The Balaban J connectivity index is 1.43. The van der Waals surface area contributed by atoms with E-state index in [-0.39, 0.29) is 11.9 Å². The van der Waals surface area contributed by atoms with Crippen LogP contribution in [0.15, 0.2) is 65.7 Å². The van der Waals surface area contributed by atoms with Crippen LogP contribution in [0.25, 0.3) is 10.9 Å². The van der Waals surface area contributed by atoms with Crippen molar-refractivity contribution in [3.63, 3.8) is 0 Å². The Morgan fingerprint density at radius 1 is 1.12 bits per heavy atom. The molecule has 0 saturated heterocycles. The molecule has 0 saturated carbocycles.